The highest BCUT2D eigenvalue weighted by Crippen LogP contribution is 2.17. The van der Waals surface area contributed by atoms with E-state index in [1.165, 1.54) is 10.1 Å². The lowest BCUT2D eigenvalue weighted by molar-refractivity contribution is -0.121. The van der Waals surface area contributed by atoms with Gasteiger partial charge in [-0.3, -0.25) is 19.1 Å². The number of ether oxygens (including phenoxy) is 1. The molecular formula is C25H28N4O3. The molecule has 0 radical (unpaired) electrons. The molecule has 0 unspecified atom stereocenters. The van der Waals surface area contributed by atoms with Crippen molar-refractivity contribution in [1.29, 1.82) is 0 Å². The van der Waals surface area contributed by atoms with E-state index < -0.39 is 0 Å². The van der Waals surface area contributed by atoms with E-state index >= 15 is 0 Å². The normalized spacial score (nSPS) is 13.4. The number of carbonyl (C=O) groups excluding carboxylic acids is 1. The molecular weight excluding hydrogens is 404 g/mol. The highest BCUT2D eigenvalue weighted by molar-refractivity contribution is 5.75. The molecule has 1 N–H and O–H groups in total. The van der Waals surface area contributed by atoms with Gasteiger partial charge in [0.1, 0.15) is 18.1 Å². The Bertz CT molecular complexity index is 1140. The number of hydrogen-bond acceptors (Lipinski definition) is 5. The highest BCUT2D eigenvalue weighted by atomic mass is 16.5. The number of methoxy groups -OCH3 is 1. The third-order valence-electron chi connectivity index (χ3n) is 5.79. The monoisotopic (exact) mass is 432 g/mol. The van der Waals surface area contributed by atoms with Crippen LogP contribution in [0.5, 0.6) is 5.75 Å². The van der Waals surface area contributed by atoms with Crippen molar-refractivity contribution in [2.75, 3.05) is 13.7 Å². The van der Waals surface area contributed by atoms with Crippen LogP contribution in [0.4, 0.5) is 0 Å². The molecule has 2 aromatic carbocycles. The predicted octanol–water partition coefficient (Wildman–Crippen LogP) is 2.44. The van der Waals surface area contributed by atoms with Crippen LogP contribution < -0.4 is 15.6 Å². The SMILES string of the molecule is COc1ccc(CNC(=O)Cn2c(C)nc3c(c2=O)CN(Cc2ccccc2)CC3)cc1. The number of hydrogen-bond donors (Lipinski definition) is 1. The van der Waals surface area contributed by atoms with E-state index in [1.54, 1.807) is 14.0 Å². The van der Waals surface area contributed by atoms with Crippen molar-refractivity contribution in [3.63, 3.8) is 0 Å². The minimum absolute atomic E-state index is 0.0419. The van der Waals surface area contributed by atoms with Crippen molar-refractivity contribution in [2.24, 2.45) is 0 Å². The number of carbonyl (C=O) groups is 1. The van der Waals surface area contributed by atoms with Gasteiger partial charge in [0.15, 0.2) is 0 Å². The molecule has 2 heterocycles. The standard InChI is InChI=1S/C25H28N4O3/c1-18-27-23-12-13-28(15-20-6-4-3-5-7-20)16-22(23)25(31)29(18)17-24(30)26-14-19-8-10-21(32-2)11-9-19/h3-11H,12-17H2,1-2H3,(H,26,30). The molecule has 0 saturated heterocycles. The van der Waals surface area contributed by atoms with Crippen LogP contribution in [0.15, 0.2) is 59.4 Å². The summed E-state index contributed by atoms with van der Waals surface area (Å²) < 4.78 is 6.63. The summed E-state index contributed by atoms with van der Waals surface area (Å²) in [6.07, 6.45) is 0.739. The second-order valence-electron chi connectivity index (χ2n) is 8.05. The highest BCUT2D eigenvalue weighted by Gasteiger charge is 2.23. The van der Waals surface area contributed by atoms with Gasteiger partial charge >= 0.3 is 0 Å². The van der Waals surface area contributed by atoms with Gasteiger partial charge in [0, 0.05) is 32.6 Å². The molecule has 1 amide bonds. The lowest BCUT2D eigenvalue weighted by atomic mass is 10.1. The molecule has 0 spiro atoms. The number of rotatable bonds is 7. The van der Waals surface area contributed by atoms with Gasteiger partial charge in [0.2, 0.25) is 5.91 Å². The molecule has 166 valence electrons. The smallest absolute Gasteiger partial charge is 0.258 e. The van der Waals surface area contributed by atoms with E-state index in [4.69, 9.17) is 4.74 Å². The zero-order valence-corrected chi connectivity index (χ0v) is 18.5. The second-order valence-corrected chi connectivity index (χ2v) is 8.05. The fourth-order valence-corrected chi connectivity index (χ4v) is 4.00. The number of fused-ring (bicyclic) bond motifs is 1. The van der Waals surface area contributed by atoms with Gasteiger partial charge < -0.3 is 10.1 Å². The summed E-state index contributed by atoms with van der Waals surface area (Å²) >= 11 is 0. The summed E-state index contributed by atoms with van der Waals surface area (Å²) in [5, 5.41) is 2.88. The first kappa shape index (κ1) is 21.8. The van der Waals surface area contributed by atoms with Gasteiger partial charge in [0.05, 0.1) is 18.4 Å². The fourth-order valence-electron chi connectivity index (χ4n) is 4.00. The Hall–Kier alpha value is -3.45. The maximum Gasteiger partial charge on any atom is 0.258 e. The van der Waals surface area contributed by atoms with Crippen molar-refractivity contribution in [3.05, 3.63) is 93.2 Å². The molecule has 4 rings (SSSR count). The maximum atomic E-state index is 13.2. The summed E-state index contributed by atoms with van der Waals surface area (Å²) in [5.74, 6) is 1.12. The third kappa shape index (κ3) is 5.06. The summed E-state index contributed by atoms with van der Waals surface area (Å²) in [6.45, 7) is 4.33. The molecule has 0 saturated carbocycles. The summed E-state index contributed by atoms with van der Waals surface area (Å²) in [5.41, 5.74) is 3.61. The van der Waals surface area contributed by atoms with E-state index in [1.807, 2.05) is 42.5 Å². The van der Waals surface area contributed by atoms with Crippen LogP contribution in [-0.4, -0.2) is 34.0 Å². The van der Waals surface area contributed by atoms with Crippen LogP contribution in [0.3, 0.4) is 0 Å². The van der Waals surface area contributed by atoms with E-state index in [9.17, 15) is 9.59 Å². The topological polar surface area (TPSA) is 76.5 Å². The lowest BCUT2D eigenvalue weighted by Crippen LogP contribution is -2.40. The zero-order chi connectivity index (χ0) is 22.5. The first-order valence-electron chi connectivity index (χ1n) is 10.8. The van der Waals surface area contributed by atoms with Crippen LogP contribution >= 0.6 is 0 Å². The Morgan fingerprint density at radius 2 is 1.84 bits per heavy atom. The average molecular weight is 433 g/mol. The Kier molecular flexibility index (Phi) is 6.66. The number of nitrogens with zero attached hydrogens (tertiary/aromatic N) is 3. The largest absolute Gasteiger partial charge is 0.497 e. The number of benzene rings is 2. The third-order valence-corrected chi connectivity index (χ3v) is 5.79. The Balaban J connectivity index is 1.43. The van der Waals surface area contributed by atoms with E-state index in [0.717, 1.165) is 36.5 Å². The van der Waals surface area contributed by atoms with Gasteiger partial charge in [0.25, 0.3) is 5.56 Å². The van der Waals surface area contributed by atoms with Gasteiger partial charge in [-0.15, -0.1) is 0 Å². The molecule has 0 fully saturated rings. The van der Waals surface area contributed by atoms with Crippen molar-refractivity contribution >= 4 is 5.91 Å². The first-order valence-corrected chi connectivity index (χ1v) is 10.8. The summed E-state index contributed by atoms with van der Waals surface area (Å²) in [7, 11) is 1.62. The Morgan fingerprint density at radius 1 is 1.09 bits per heavy atom. The average Bonchev–Trinajstić information content (AvgIpc) is 2.82. The maximum absolute atomic E-state index is 13.2. The van der Waals surface area contributed by atoms with Gasteiger partial charge in [-0.2, -0.15) is 0 Å². The van der Waals surface area contributed by atoms with Crippen LogP contribution in [-0.2, 0) is 37.4 Å². The molecule has 7 nitrogen and oxygen atoms in total. The molecule has 0 atom stereocenters. The van der Waals surface area contributed by atoms with Gasteiger partial charge in [-0.25, -0.2) is 4.98 Å². The quantitative estimate of drug-likeness (QED) is 0.621. The molecule has 3 aromatic rings. The lowest BCUT2D eigenvalue weighted by Gasteiger charge is -2.28. The Morgan fingerprint density at radius 3 is 2.56 bits per heavy atom. The second kappa shape index (κ2) is 9.78. The number of amides is 1. The Labute approximate surface area is 187 Å². The van der Waals surface area contributed by atoms with Crippen LogP contribution in [0, 0.1) is 6.92 Å². The molecule has 1 aliphatic heterocycles. The van der Waals surface area contributed by atoms with Crippen LogP contribution in [0.2, 0.25) is 0 Å². The zero-order valence-electron chi connectivity index (χ0n) is 18.5. The minimum atomic E-state index is -0.218. The molecule has 7 heteroatoms. The van der Waals surface area contributed by atoms with Crippen molar-refractivity contribution in [2.45, 2.75) is 39.5 Å². The number of aromatic nitrogens is 2. The molecule has 1 aromatic heterocycles. The fraction of sp³-hybridized carbons (Fsp3) is 0.320. The number of nitrogens with one attached hydrogen (secondary N) is 1. The van der Waals surface area contributed by atoms with Gasteiger partial charge in [-0.1, -0.05) is 42.5 Å². The number of aryl methyl sites for hydroxylation is 1. The van der Waals surface area contributed by atoms with Crippen molar-refractivity contribution in [1.82, 2.24) is 19.8 Å². The van der Waals surface area contributed by atoms with Gasteiger partial charge in [-0.05, 0) is 30.2 Å². The first-order chi connectivity index (χ1) is 15.5. The minimum Gasteiger partial charge on any atom is -0.497 e. The molecule has 0 aliphatic carbocycles. The summed E-state index contributed by atoms with van der Waals surface area (Å²) in [6, 6.07) is 17.7. The molecule has 1 aliphatic rings. The molecule has 0 bridgehead atoms. The van der Waals surface area contributed by atoms with Crippen LogP contribution in [0.1, 0.15) is 28.2 Å². The summed E-state index contributed by atoms with van der Waals surface area (Å²) in [4.78, 5) is 32.7. The van der Waals surface area contributed by atoms with E-state index in [0.29, 0.717) is 24.5 Å². The van der Waals surface area contributed by atoms with E-state index in [-0.39, 0.29) is 18.0 Å². The van der Waals surface area contributed by atoms with E-state index in [2.05, 4.69) is 27.3 Å². The molecule has 32 heavy (non-hydrogen) atoms. The van der Waals surface area contributed by atoms with Crippen LogP contribution in [0.25, 0.3) is 0 Å². The van der Waals surface area contributed by atoms with Crippen molar-refractivity contribution in [3.8, 4) is 5.75 Å². The predicted molar refractivity (Wildman–Crippen MR) is 122 cm³/mol. The van der Waals surface area contributed by atoms with Crippen molar-refractivity contribution < 1.29 is 9.53 Å².